The summed E-state index contributed by atoms with van der Waals surface area (Å²) in [5.74, 6) is -0.220. The number of unbranched alkanes of at least 4 members (excludes halogenated alkanes) is 2. The van der Waals surface area contributed by atoms with Gasteiger partial charge in [-0.2, -0.15) is 10.5 Å². The van der Waals surface area contributed by atoms with Crippen molar-refractivity contribution in [2.24, 2.45) is 0 Å². The molecule has 2 aromatic carbocycles. The Morgan fingerprint density at radius 1 is 0.919 bits per heavy atom. The van der Waals surface area contributed by atoms with Gasteiger partial charge in [0.05, 0.1) is 30.4 Å². The number of ether oxygens (including phenoxy) is 3. The Bertz CT molecular complexity index is 1150. The van der Waals surface area contributed by atoms with Crippen LogP contribution in [0.2, 0.25) is 0 Å². The summed E-state index contributed by atoms with van der Waals surface area (Å²) >= 11 is 0. The van der Waals surface area contributed by atoms with Crippen molar-refractivity contribution < 1.29 is 23.8 Å². The van der Waals surface area contributed by atoms with Gasteiger partial charge in [-0.05, 0) is 62.6 Å². The molecule has 8 nitrogen and oxygen atoms in total. The summed E-state index contributed by atoms with van der Waals surface area (Å²) in [6.07, 6.45) is 3.41. The number of nitriles is 2. The molecule has 0 fully saturated rings. The molecule has 8 heteroatoms. The van der Waals surface area contributed by atoms with Crippen molar-refractivity contribution in [3.05, 3.63) is 58.7 Å². The molecule has 0 heterocycles. The number of nitrogens with zero attached hydrogens (tertiary/aromatic N) is 2. The maximum absolute atomic E-state index is 13.1. The zero-order valence-corrected chi connectivity index (χ0v) is 22.0. The molecule has 196 valence electrons. The van der Waals surface area contributed by atoms with E-state index in [4.69, 9.17) is 14.2 Å². The van der Waals surface area contributed by atoms with Crippen molar-refractivity contribution in [3.8, 4) is 23.6 Å². The lowest BCUT2D eigenvalue weighted by molar-refractivity contribution is -0.146. The van der Waals surface area contributed by atoms with Gasteiger partial charge < -0.3 is 19.5 Å². The quantitative estimate of drug-likeness (QED) is 0.281. The molecule has 1 atom stereocenters. The third-order valence-electron chi connectivity index (χ3n) is 5.42. The first-order valence-corrected chi connectivity index (χ1v) is 12.7. The third kappa shape index (κ3) is 9.16. The highest BCUT2D eigenvalue weighted by molar-refractivity contribution is 5.97. The normalized spacial score (nSPS) is 11.2. The van der Waals surface area contributed by atoms with E-state index in [9.17, 15) is 20.1 Å². The van der Waals surface area contributed by atoms with E-state index in [0.29, 0.717) is 35.7 Å². The molecule has 0 unspecified atom stereocenters. The smallest absolute Gasteiger partial charge is 0.328 e. The molecule has 2 rings (SSSR count). The molecule has 0 aliphatic carbocycles. The minimum atomic E-state index is -0.986. The number of nitrogens with one attached hydrogen (secondary N) is 1. The molecule has 2 aromatic rings. The Labute approximate surface area is 219 Å². The number of carbonyl (C=O) groups excluding carboxylic acids is 2. The lowest BCUT2D eigenvalue weighted by atomic mass is 10.0. The first kappa shape index (κ1) is 29.2. The van der Waals surface area contributed by atoms with Crippen molar-refractivity contribution in [1.29, 1.82) is 10.5 Å². The van der Waals surface area contributed by atoms with E-state index >= 15 is 0 Å². The average Bonchev–Trinajstić information content (AvgIpc) is 2.88. The second kappa shape index (κ2) is 15.2. The van der Waals surface area contributed by atoms with Crippen LogP contribution in [0.1, 0.15) is 80.4 Å². The second-order valence-corrected chi connectivity index (χ2v) is 8.88. The molecule has 0 spiro atoms. The third-order valence-corrected chi connectivity index (χ3v) is 5.42. The van der Waals surface area contributed by atoms with Crippen LogP contribution >= 0.6 is 0 Å². The van der Waals surface area contributed by atoms with Crippen LogP contribution in [0.5, 0.6) is 11.5 Å². The van der Waals surface area contributed by atoms with E-state index in [2.05, 4.69) is 18.3 Å². The number of benzene rings is 2. The van der Waals surface area contributed by atoms with E-state index in [1.54, 1.807) is 30.3 Å². The maximum atomic E-state index is 13.1. The van der Waals surface area contributed by atoms with Crippen molar-refractivity contribution in [2.45, 2.75) is 71.9 Å². The Hall–Kier alpha value is -4.04. The Morgan fingerprint density at radius 3 is 2.22 bits per heavy atom. The Kier molecular flexibility index (Phi) is 12.0. The molecule has 0 aromatic heterocycles. The van der Waals surface area contributed by atoms with Gasteiger partial charge in [0.25, 0.3) is 5.91 Å². The molecule has 1 N–H and O–H groups in total. The Morgan fingerprint density at radius 2 is 1.57 bits per heavy atom. The highest BCUT2D eigenvalue weighted by Gasteiger charge is 2.24. The van der Waals surface area contributed by atoms with E-state index in [-0.39, 0.29) is 30.3 Å². The zero-order chi connectivity index (χ0) is 27.2. The highest BCUT2D eigenvalue weighted by Crippen LogP contribution is 2.22. The van der Waals surface area contributed by atoms with Gasteiger partial charge in [0.15, 0.2) is 0 Å². The molecule has 0 saturated heterocycles. The van der Waals surface area contributed by atoms with Crippen LogP contribution in [0.4, 0.5) is 0 Å². The summed E-state index contributed by atoms with van der Waals surface area (Å²) in [5, 5.41) is 21.8. The van der Waals surface area contributed by atoms with Gasteiger partial charge in [0.1, 0.15) is 29.7 Å². The summed E-state index contributed by atoms with van der Waals surface area (Å²) < 4.78 is 16.7. The van der Waals surface area contributed by atoms with Crippen LogP contribution < -0.4 is 14.8 Å². The fourth-order valence-electron chi connectivity index (χ4n) is 3.45. The van der Waals surface area contributed by atoms with Crippen molar-refractivity contribution in [2.75, 3.05) is 13.2 Å². The minimum absolute atomic E-state index is 0.125. The monoisotopic (exact) mass is 505 g/mol. The van der Waals surface area contributed by atoms with Gasteiger partial charge in [-0.3, -0.25) is 4.79 Å². The van der Waals surface area contributed by atoms with Crippen LogP contribution in [0.15, 0.2) is 36.4 Å². The molecule has 0 aliphatic rings. The fraction of sp³-hybridized carbons (Fsp3) is 0.448. The maximum Gasteiger partial charge on any atom is 0.328 e. The molecular formula is C29H35N3O5. The highest BCUT2D eigenvalue weighted by atomic mass is 16.5. The molecule has 0 radical (unpaired) electrons. The van der Waals surface area contributed by atoms with Crippen LogP contribution in [0.3, 0.4) is 0 Å². The number of hydrogen-bond donors (Lipinski definition) is 1. The van der Waals surface area contributed by atoms with Crippen LogP contribution in [-0.4, -0.2) is 37.2 Å². The van der Waals surface area contributed by atoms with E-state index in [0.717, 1.165) is 19.3 Å². The largest absolute Gasteiger partial charge is 0.492 e. The van der Waals surface area contributed by atoms with Crippen LogP contribution in [-0.2, 0) is 16.0 Å². The Balaban J connectivity index is 2.26. The van der Waals surface area contributed by atoms with Gasteiger partial charge in [-0.1, -0.05) is 32.8 Å². The van der Waals surface area contributed by atoms with Gasteiger partial charge in [-0.25, -0.2) is 4.79 Å². The van der Waals surface area contributed by atoms with E-state index in [1.807, 2.05) is 26.8 Å². The summed E-state index contributed by atoms with van der Waals surface area (Å²) in [6, 6.07) is 12.9. The lowest BCUT2D eigenvalue weighted by Gasteiger charge is -2.19. The first-order chi connectivity index (χ1) is 17.8. The van der Waals surface area contributed by atoms with Gasteiger partial charge in [0, 0.05) is 12.0 Å². The summed E-state index contributed by atoms with van der Waals surface area (Å²) in [4.78, 5) is 25.9. The van der Waals surface area contributed by atoms with E-state index < -0.39 is 17.9 Å². The predicted octanol–water partition coefficient (Wildman–Crippen LogP) is 5.08. The topological polar surface area (TPSA) is 121 Å². The molecule has 0 aliphatic heterocycles. The van der Waals surface area contributed by atoms with Gasteiger partial charge in [-0.15, -0.1) is 0 Å². The molecule has 1 amide bonds. The lowest BCUT2D eigenvalue weighted by Crippen LogP contribution is -2.43. The minimum Gasteiger partial charge on any atom is -0.492 e. The number of carbonyl (C=O) groups is 2. The second-order valence-electron chi connectivity index (χ2n) is 8.88. The van der Waals surface area contributed by atoms with Crippen LogP contribution in [0, 0.1) is 22.7 Å². The molecule has 37 heavy (non-hydrogen) atoms. The standard InChI is InChI=1S/C29H35N3O5/c1-5-7-13-35-26-11-9-21(15-23(26)18-30)16-25(29(34)36-14-8-6-2)32-28(33)22-10-12-27(37-20(3)4)24(17-22)19-31/h9-12,15,17,20,25H,5-8,13-14,16H2,1-4H3,(H,32,33)/t25-/m0/s1. The number of hydrogen-bond acceptors (Lipinski definition) is 7. The summed E-state index contributed by atoms with van der Waals surface area (Å²) in [7, 11) is 0. The summed E-state index contributed by atoms with van der Waals surface area (Å²) in [5.41, 5.74) is 1.48. The van der Waals surface area contributed by atoms with Gasteiger partial charge in [0.2, 0.25) is 0 Å². The van der Waals surface area contributed by atoms with Crippen LogP contribution in [0.25, 0.3) is 0 Å². The van der Waals surface area contributed by atoms with Crippen molar-refractivity contribution in [3.63, 3.8) is 0 Å². The predicted molar refractivity (Wildman–Crippen MR) is 139 cm³/mol. The number of rotatable bonds is 14. The van der Waals surface area contributed by atoms with Crippen molar-refractivity contribution in [1.82, 2.24) is 5.32 Å². The number of amides is 1. The molecule has 0 saturated carbocycles. The summed E-state index contributed by atoms with van der Waals surface area (Å²) in [6.45, 7) is 8.49. The van der Waals surface area contributed by atoms with E-state index in [1.165, 1.54) is 6.07 Å². The fourth-order valence-corrected chi connectivity index (χ4v) is 3.45. The molecule has 0 bridgehead atoms. The zero-order valence-electron chi connectivity index (χ0n) is 22.0. The van der Waals surface area contributed by atoms with Gasteiger partial charge >= 0.3 is 5.97 Å². The SMILES string of the molecule is CCCCOC(=O)[C@H](Cc1ccc(OCCCC)c(C#N)c1)NC(=O)c1ccc(OC(C)C)c(C#N)c1. The average molecular weight is 506 g/mol. The van der Waals surface area contributed by atoms with Crippen molar-refractivity contribution >= 4 is 11.9 Å². The number of esters is 1. The first-order valence-electron chi connectivity index (χ1n) is 12.7. The molecular weight excluding hydrogens is 470 g/mol.